The Kier molecular flexibility index (Phi) is 15.1. The Balaban J connectivity index is 1.44. The summed E-state index contributed by atoms with van der Waals surface area (Å²) in [5.74, 6) is 1.55. The van der Waals surface area contributed by atoms with E-state index in [0.29, 0.717) is 40.8 Å². The van der Waals surface area contributed by atoms with Crippen molar-refractivity contribution >= 4 is 20.0 Å². The van der Waals surface area contributed by atoms with Crippen LogP contribution in [0.5, 0.6) is 0 Å². The molecule has 0 aromatic heterocycles. The van der Waals surface area contributed by atoms with Crippen LogP contribution in [-0.4, -0.2) is 42.5 Å². The molecule has 0 bridgehead atoms. The quantitative estimate of drug-likeness (QED) is 0.158. The molecule has 2 aromatic carbocycles. The molecule has 1 aliphatic carbocycles. The summed E-state index contributed by atoms with van der Waals surface area (Å²) in [5.41, 5.74) is 6.01. The molecule has 1 saturated heterocycles. The first-order chi connectivity index (χ1) is 24.3. The van der Waals surface area contributed by atoms with Gasteiger partial charge >= 0.3 is 0 Å². The molecule has 3 unspecified atom stereocenters. The minimum absolute atomic E-state index is 0.0737. The van der Waals surface area contributed by atoms with Crippen LogP contribution in [0.25, 0.3) is 0 Å². The molecule has 9 heteroatoms. The summed E-state index contributed by atoms with van der Waals surface area (Å²) >= 11 is 0. The van der Waals surface area contributed by atoms with Crippen LogP contribution in [0.15, 0.2) is 34.1 Å². The lowest BCUT2D eigenvalue weighted by molar-refractivity contribution is 0.291. The molecule has 2 fully saturated rings. The average molecular weight is 758 g/mol. The SMILES string of the molecule is CC(C)c1cc(C(C)C)c(S(=O)(=O)NCC2CCC(CC(C)c3cc(C(C)C)c(S(=O)(=O)NCC4CCCCC4)c(C(C)C)c3)NC2)c(C(C)C)c1. The average Bonchev–Trinajstić information content (AvgIpc) is 3.09. The first kappa shape index (κ1) is 43.0. The second kappa shape index (κ2) is 18.2. The van der Waals surface area contributed by atoms with Crippen LogP contribution in [0.3, 0.4) is 0 Å². The van der Waals surface area contributed by atoms with E-state index in [2.05, 4.69) is 115 Å². The van der Waals surface area contributed by atoms with Gasteiger partial charge in [-0.25, -0.2) is 26.3 Å². The van der Waals surface area contributed by atoms with Crippen LogP contribution in [0.4, 0.5) is 0 Å². The van der Waals surface area contributed by atoms with E-state index >= 15 is 0 Å². The molecule has 1 aliphatic heterocycles. The highest BCUT2D eigenvalue weighted by atomic mass is 32.2. The number of nitrogens with one attached hydrogen (secondary N) is 3. The molecule has 52 heavy (non-hydrogen) atoms. The van der Waals surface area contributed by atoms with Gasteiger partial charge in [-0.1, -0.05) is 120 Å². The van der Waals surface area contributed by atoms with Crippen molar-refractivity contribution < 1.29 is 16.8 Å². The fourth-order valence-electron chi connectivity index (χ4n) is 8.25. The van der Waals surface area contributed by atoms with Gasteiger partial charge in [-0.3, -0.25) is 0 Å². The molecule has 1 heterocycles. The fourth-order valence-corrected chi connectivity index (χ4v) is 11.9. The molecular formula is C43H71N3O4S2. The topological polar surface area (TPSA) is 104 Å². The minimum Gasteiger partial charge on any atom is -0.314 e. The van der Waals surface area contributed by atoms with Crippen molar-refractivity contribution in [2.75, 3.05) is 19.6 Å². The third kappa shape index (κ3) is 10.7. The van der Waals surface area contributed by atoms with Crippen molar-refractivity contribution in [3.8, 4) is 0 Å². The summed E-state index contributed by atoms with van der Waals surface area (Å²) in [6.07, 6.45) is 8.70. The lowest BCUT2D eigenvalue weighted by atomic mass is 9.84. The van der Waals surface area contributed by atoms with E-state index in [4.69, 9.17) is 0 Å². The van der Waals surface area contributed by atoms with E-state index in [0.717, 1.165) is 60.9 Å². The van der Waals surface area contributed by atoms with Crippen LogP contribution in [0, 0.1) is 11.8 Å². The van der Waals surface area contributed by atoms with E-state index < -0.39 is 20.0 Å². The van der Waals surface area contributed by atoms with Gasteiger partial charge in [-0.15, -0.1) is 0 Å². The van der Waals surface area contributed by atoms with Gasteiger partial charge in [0.1, 0.15) is 0 Å². The second-order valence-electron chi connectivity index (χ2n) is 17.7. The van der Waals surface area contributed by atoms with Crippen molar-refractivity contribution in [2.24, 2.45) is 11.8 Å². The van der Waals surface area contributed by atoms with Gasteiger partial charge in [0.2, 0.25) is 20.0 Å². The molecule has 1 saturated carbocycles. The largest absolute Gasteiger partial charge is 0.314 e. The van der Waals surface area contributed by atoms with Crippen molar-refractivity contribution in [3.63, 3.8) is 0 Å². The normalized spacial score (nSPS) is 20.2. The third-order valence-electron chi connectivity index (χ3n) is 11.7. The van der Waals surface area contributed by atoms with Gasteiger partial charge in [0.05, 0.1) is 9.79 Å². The predicted molar refractivity (Wildman–Crippen MR) is 218 cm³/mol. The zero-order chi connectivity index (χ0) is 38.5. The summed E-state index contributed by atoms with van der Waals surface area (Å²) in [6.45, 7) is 25.0. The monoisotopic (exact) mass is 757 g/mol. The maximum Gasteiger partial charge on any atom is 0.241 e. The summed E-state index contributed by atoms with van der Waals surface area (Å²) < 4.78 is 61.8. The fraction of sp³-hybridized carbons (Fsp3) is 0.721. The first-order valence-corrected chi connectivity index (χ1v) is 23.4. The molecule has 3 N–H and O–H groups in total. The Hall–Kier alpha value is -1.78. The van der Waals surface area contributed by atoms with Crippen LogP contribution in [-0.2, 0) is 20.0 Å². The molecule has 4 rings (SSSR count). The van der Waals surface area contributed by atoms with E-state index in [1.54, 1.807) is 0 Å². The molecule has 2 aliphatic rings. The van der Waals surface area contributed by atoms with E-state index in [1.165, 1.54) is 30.4 Å². The Morgan fingerprint density at radius 3 is 1.37 bits per heavy atom. The summed E-state index contributed by atoms with van der Waals surface area (Å²) in [7, 11) is -7.34. The lowest BCUT2D eigenvalue weighted by Crippen LogP contribution is -2.43. The van der Waals surface area contributed by atoms with Gasteiger partial charge < -0.3 is 5.32 Å². The number of sulfonamides is 2. The van der Waals surface area contributed by atoms with Crippen molar-refractivity contribution in [1.82, 2.24) is 14.8 Å². The van der Waals surface area contributed by atoms with Gasteiger partial charge in [0, 0.05) is 19.1 Å². The zero-order valence-corrected chi connectivity index (χ0v) is 35.9. The summed E-state index contributed by atoms with van der Waals surface area (Å²) in [4.78, 5) is 0.958. The van der Waals surface area contributed by atoms with Crippen LogP contribution < -0.4 is 14.8 Å². The van der Waals surface area contributed by atoms with Crippen molar-refractivity contribution in [2.45, 2.75) is 179 Å². The molecule has 2 aromatic rings. The molecule has 0 spiro atoms. The molecule has 7 nitrogen and oxygen atoms in total. The second-order valence-corrected chi connectivity index (χ2v) is 21.1. The number of rotatable bonds is 16. The highest BCUT2D eigenvalue weighted by molar-refractivity contribution is 7.90. The highest BCUT2D eigenvalue weighted by Crippen LogP contribution is 2.38. The van der Waals surface area contributed by atoms with Crippen molar-refractivity contribution in [3.05, 3.63) is 57.6 Å². The van der Waals surface area contributed by atoms with Crippen LogP contribution >= 0.6 is 0 Å². The third-order valence-corrected chi connectivity index (χ3v) is 14.8. The Morgan fingerprint density at radius 2 is 0.981 bits per heavy atom. The number of benzene rings is 2. The lowest BCUT2D eigenvalue weighted by Gasteiger charge is -2.32. The maximum atomic E-state index is 13.9. The molecule has 294 valence electrons. The highest BCUT2D eigenvalue weighted by Gasteiger charge is 2.31. The molecule has 3 atom stereocenters. The predicted octanol–water partition coefficient (Wildman–Crippen LogP) is 10.0. The number of piperidine rings is 1. The van der Waals surface area contributed by atoms with Gasteiger partial charge in [-0.2, -0.15) is 0 Å². The van der Waals surface area contributed by atoms with Crippen LogP contribution in [0.2, 0.25) is 0 Å². The zero-order valence-electron chi connectivity index (χ0n) is 34.2. The molecular weight excluding hydrogens is 687 g/mol. The van der Waals surface area contributed by atoms with Gasteiger partial charge in [0.25, 0.3) is 0 Å². The molecule has 0 radical (unpaired) electrons. The Labute approximate surface area is 318 Å². The van der Waals surface area contributed by atoms with E-state index in [1.807, 2.05) is 0 Å². The minimum atomic E-state index is -3.69. The smallest absolute Gasteiger partial charge is 0.241 e. The molecule has 0 amide bonds. The van der Waals surface area contributed by atoms with E-state index in [-0.39, 0.29) is 35.5 Å². The van der Waals surface area contributed by atoms with Gasteiger partial charge in [0.15, 0.2) is 0 Å². The Bertz CT molecular complexity index is 1640. The van der Waals surface area contributed by atoms with Gasteiger partial charge in [-0.05, 0) is 119 Å². The standard InChI is InChI=1S/C43H71N3O4S2/c1-27(2)35-20-38(28(3)4)42(39(21-35)29(5)6)52(49,50)46-26-34-17-18-37(44-24-34)19-32(11)36-22-40(30(7)8)43(41(23-36)31(9)10)51(47,48)45-25-33-15-13-12-14-16-33/h20-23,27-34,37,44-46H,12-19,24-26H2,1-11H3. The number of hydrogen-bond acceptors (Lipinski definition) is 5. The van der Waals surface area contributed by atoms with E-state index in [9.17, 15) is 16.8 Å². The summed E-state index contributed by atoms with van der Waals surface area (Å²) in [6, 6.07) is 8.82. The number of hydrogen-bond donors (Lipinski definition) is 3. The van der Waals surface area contributed by atoms with Crippen LogP contribution in [0.1, 0.15) is 196 Å². The maximum absolute atomic E-state index is 13.9. The summed E-state index contributed by atoms with van der Waals surface area (Å²) in [5, 5.41) is 3.74. The van der Waals surface area contributed by atoms with Crippen molar-refractivity contribution in [1.29, 1.82) is 0 Å². The first-order valence-electron chi connectivity index (χ1n) is 20.4. The Morgan fingerprint density at radius 1 is 0.558 bits per heavy atom.